The lowest BCUT2D eigenvalue weighted by Gasteiger charge is -2.32. The van der Waals surface area contributed by atoms with Crippen molar-refractivity contribution in [3.05, 3.63) is 59.7 Å². The molecular formula is C24H30N2O4. The van der Waals surface area contributed by atoms with Crippen molar-refractivity contribution in [2.75, 3.05) is 26.8 Å². The van der Waals surface area contributed by atoms with Crippen molar-refractivity contribution in [3.8, 4) is 11.5 Å². The SMILES string of the molecule is CCOc1ccc(C(=O)N2CCC(NC(=O)CCc3ccccc3OC)CC2)cc1. The van der Waals surface area contributed by atoms with Crippen molar-refractivity contribution in [3.63, 3.8) is 0 Å². The van der Waals surface area contributed by atoms with E-state index in [1.807, 2.05) is 48.2 Å². The van der Waals surface area contributed by atoms with E-state index in [2.05, 4.69) is 5.32 Å². The molecule has 6 heteroatoms. The van der Waals surface area contributed by atoms with Crippen LogP contribution in [0.4, 0.5) is 0 Å². The molecule has 2 aromatic rings. The predicted molar refractivity (Wildman–Crippen MR) is 116 cm³/mol. The summed E-state index contributed by atoms with van der Waals surface area (Å²) in [4.78, 5) is 26.9. The number of hydrogen-bond acceptors (Lipinski definition) is 4. The normalized spacial score (nSPS) is 14.3. The van der Waals surface area contributed by atoms with Gasteiger partial charge >= 0.3 is 0 Å². The molecule has 1 N–H and O–H groups in total. The number of rotatable bonds is 8. The summed E-state index contributed by atoms with van der Waals surface area (Å²) in [5, 5.41) is 3.11. The molecule has 1 heterocycles. The van der Waals surface area contributed by atoms with Crippen molar-refractivity contribution in [1.29, 1.82) is 0 Å². The van der Waals surface area contributed by atoms with Gasteiger partial charge in [-0.1, -0.05) is 18.2 Å². The van der Waals surface area contributed by atoms with Crippen LogP contribution >= 0.6 is 0 Å². The highest BCUT2D eigenvalue weighted by Gasteiger charge is 2.24. The Hall–Kier alpha value is -3.02. The maximum absolute atomic E-state index is 12.7. The number of hydrogen-bond donors (Lipinski definition) is 1. The van der Waals surface area contributed by atoms with Gasteiger partial charge in [-0.15, -0.1) is 0 Å². The number of nitrogens with one attached hydrogen (secondary N) is 1. The Morgan fingerprint density at radius 1 is 1.07 bits per heavy atom. The van der Waals surface area contributed by atoms with E-state index in [1.165, 1.54) is 0 Å². The van der Waals surface area contributed by atoms with E-state index in [9.17, 15) is 9.59 Å². The summed E-state index contributed by atoms with van der Waals surface area (Å²) in [5.74, 6) is 1.64. The number of methoxy groups -OCH3 is 1. The van der Waals surface area contributed by atoms with Crippen LogP contribution in [0.1, 0.15) is 42.1 Å². The molecule has 0 saturated carbocycles. The smallest absolute Gasteiger partial charge is 0.253 e. The van der Waals surface area contributed by atoms with E-state index in [-0.39, 0.29) is 17.9 Å². The standard InChI is InChI=1S/C24H30N2O4/c1-3-30-21-11-8-19(9-12-21)24(28)26-16-14-20(15-17-26)25-23(27)13-10-18-6-4-5-7-22(18)29-2/h4-9,11-12,20H,3,10,13-17H2,1-2H3,(H,25,27). The fourth-order valence-electron chi connectivity index (χ4n) is 3.73. The van der Waals surface area contributed by atoms with Gasteiger partial charge in [0, 0.05) is 31.1 Å². The molecule has 0 aliphatic carbocycles. The van der Waals surface area contributed by atoms with Crippen LogP contribution in [0.25, 0.3) is 0 Å². The molecule has 2 amide bonds. The third-order valence-corrected chi connectivity index (χ3v) is 5.37. The van der Waals surface area contributed by atoms with Gasteiger partial charge in [-0.25, -0.2) is 0 Å². The molecule has 6 nitrogen and oxygen atoms in total. The fourth-order valence-corrected chi connectivity index (χ4v) is 3.73. The third kappa shape index (κ3) is 5.75. The zero-order valence-electron chi connectivity index (χ0n) is 17.7. The fraction of sp³-hybridized carbons (Fsp3) is 0.417. The van der Waals surface area contributed by atoms with Crippen molar-refractivity contribution >= 4 is 11.8 Å². The van der Waals surface area contributed by atoms with Gasteiger partial charge in [-0.3, -0.25) is 9.59 Å². The van der Waals surface area contributed by atoms with Crippen LogP contribution in [-0.4, -0.2) is 49.6 Å². The first-order chi connectivity index (χ1) is 14.6. The highest BCUT2D eigenvalue weighted by atomic mass is 16.5. The lowest BCUT2D eigenvalue weighted by atomic mass is 10.0. The second kappa shape index (κ2) is 10.7. The summed E-state index contributed by atoms with van der Waals surface area (Å²) < 4.78 is 10.8. The molecule has 0 radical (unpaired) electrons. The average Bonchev–Trinajstić information content (AvgIpc) is 2.78. The van der Waals surface area contributed by atoms with Gasteiger partial charge < -0.3 is 19.7 Å². The molecule has 1 aliphatic rings. The summed E-state index contributed by atoms with van der Waals surface area (Å²) in [6.45, 7) is 3.82. The summed E-state index contributed by atoms with van der Waals surface area (Å²) in [7, 11) is 1.64. The molecule has 0 unspecified atom stereocenters. The Labute approximate surface area is 178 Å². The first-order valence-electron chi connectivity index (χ1n) is 10.5. The van der Waals surface area contributed by atoms with Gasteiger partial charge in [0.25, 0.3) is 5.91 Å². The predicted octanol–water partition coefficient (Wildman–Crippen LogP) is 3.45. The zero-order chi connectivity index (χ0) is 21.3. The Balaban J connectivity index is 1.43. The molecule has 3 rings (SSSR count). The van der Waals surface area contributed by atoms with Crippen LogP contribution in [0.5, 0.6) is 11.5 Å². The Morgan fingerprint density at radius 3 is 2.43 bits per heavy atom. The number of amides is 2. The second-order valence-electron chi connectivity index (χ2n) is 7.40. The van der Waals surface area contributed by atoms with Gasteiger partial charge in [-0.2, -0.15) is 0 Å². The molecule has 30 heavy (non-hydrogen) atoms. The van der Waals surface area contributed by atoms with Crippen LogP contribution in [0, 0.1) is 0 Å². The molecule has 1 aliphatic heterocycles. The average molecular weight is 411 g/mol. The summed E-state index contributed by atoms with van der Waals surface area (Å²) in [6, 6.07) is 15.1. The van der Waals surface area contributed by atoms with Gasteiger partial charge in [0.2, 0.25) is 5.91 Å². The van der Waals surface area contributed by atoms with Crippen LogP contribution < -0.4 is 14.8 Å². The monoisotopic (exact) mass is 410 g/mol. The number of benzene rings is 2. The van der Waals surface area contributed by atoms with E-state index in [1.54, 1.807) is 19.2 Å². The summed E-state index contributed by atoms with van der Waals surface area (Å²) in [6.07, 6.45) is 2.60. The highest BCUT2D eigenvalue weighted by Crippen LogP contribution is 2.20. The van der Waals surface area contributed by atoms with Crippen molar-refractivity contribution in [2.24, 2.45) is 0 Å². The van der Waals surface area contributed by atoms with E-state index in [4.69, 9.17) is 9.47 Å². The lowest BCUT2D eigenvalue weighted by Crippen LogP contribution is -2.46. The molecule has 1 fully saturated rings. The van der Waals surface area contributed by atoms with Gasteiger partial charge in [0.05, 0.1) is 13.7 Å². The van der Waals surface area contributed by atoms with Crippen LogP contribution in [-0.2, 0) is 11.2 Å². The van der Waals surface area contributed by atoms with Crippen LogP contribution in [0.3, 0.4) is 0 Å². The number of aryl methyl sites for hydroxylation is 1. The Morgan fingerprint density at radius 2 is 1.77 bits per heavy atom. The van der Waals surface area contributed by atoms with E-state index in [0.29, 0.717) is 38.1 Å². The Bertz CT molecular complexity index is 843. The van der Waals surface area contributed by atoms with Gasteiger partial charge in [-0.05, 0) is 62.1 Å². The molecular weight excluding hydrogens is 380 g/mol. The number of nitrogens with zero attached hydrogens (tertiary/aromatic N) is 1. The number of ether oxygens (including phenoxy) is 2. The first kappa shape index (κ1) is 21.7. The molecule has 0 atom stereocenters. The molecule has 1 saturated heterocycles. The van der Waals surface area contributed by atoms with Gasteiger partial charge in [0.1, 0.15) is 11.5 Å². The number of para-hydroxylation sites is 1. The van der Waals surface area contributed by atoms with Crippen molar-refractivity contribution in [1.82, 2.24) is 10.2 Å². The van der Waals surface area contributed by atoms with E-state index < -0.39 is 0 Å². The molecule has 0 spiro atoms. The molecule has 0 aromatic heterocycles. The van der Waals surface area contributed by atoms with Crippen LogP contribution in [0.15, 0.2) is 48.5 Å². The lowest BCUT2D eigenvalue weighted by molar-refractivity contribution is -0.122. The topological polar surface area (TPSA) is 67.9 Å². The Kier molecular flexibility index (Phi) is 7.71. The van der Waals surface area contributed by atoms with E-state index in [0.717, 1.165) is 29.9 Å². The maximum Gasteiger partial charge on any atom is 0.253 e. The summed E-state index contributed by atoms with van der Waals surface area (Å²) in [5.41, 5.74) is 1.70. The number of carbonyl (C=O) groups excluding carboxylic acids is 2. The van der Waals surface area contributed by atoms with Crippen molar-refractivity contribution in [2.45, 2.75) is 38.6 Å². The third-order valence-electron chi connectivity index (χ3n) is 5.37. The number of carbonyl (C=O) groups is 2. The minimum atomic E-state index is 0.0268. The van der Waals surface area contributed by atoms with Crippen molar-refractivity contribution < 1.29 is 19.1 Å². The molecule has 0 bridgehead atoms. The number of likely N-dealkylation sites (tertiary alicyclic amines) is 1. The second-order valence-corrected chi connectivity index (χ2v) is 7.40. The molecule has 160 valence electrons. The minimum Gasteiger partial charge on any atom is -0.496 e. The molecule has 2 aromatic carbocycles. The summed E-state index contributed by atoms with van der Waals surface area (Å²) >= 11 is 0. The number of piperidine rings is 1. The van der Waals surface area contributed by atoms with E-state index >= 15 is 0 Å². The minimum absolute atomic E-state index is 0.0268. The quantitative estimate of drug-likeness (QED) is 0.724. The van der Waals surface area contributed by atoms with Gasteiger partial charge in [0.15, 0.2) is 0 Å². The largest absolute Gasteiger partial charge is 0.496 e. The maximum atomic E-state index is 12.7. The zero-order valence-corrected chi connectivity index (χ0v) is 17.7. The van der Waals surface area contributed by atoms with Crippen LogP contribution in [0.2, 0.25) is 0 Å². The first-order valence-corrected chi connectivity index (χ1v) is 10.5. The highest BCUT2D eigenvalue weighted by molar-refractivity contribution is 5.94.